The molecule has 1 atom stereocenters. The van der Waals surface area contributed by atoms with E-state index >= 15 is 0 Å². The Bertz CT molecular complexity index is 1140. The van der Waals surface area contributed by atoms with Crippen LogP contribution in [0.1, 0.15) is 41.4 Å². The van der Waals surface area contributed by atoms with Gasteiger partial charge in [0, 0.05) is 35.1 Å². The molecule has 0 spiro atoms. The van der Waals surface area contributed by atoms with E-state index < -0.39 is 15.9 Å². The lowest BCUT2D eigenvalue weighted by Crippen LogP contribution is -2.37. The summed E-state index contributed by atoms with van der Waals surface area (Å²) in [7, 11) is -3.62. The van der Waals surface area contributed by atoms with E-state index in [2.05, 4.69) is 30.1 Å². The summed E-state index contributed by atoms with van der Waals surface area (Å²) in [5, 5.41) is 4.32. The summed E-state index contributed by atoms with van der Waals surface area (Å²) in [4.78, 5) is 14.6. The van der Waals surface area contributed by atoms with E-state index in [1.807, 2.05) is 22.9 Å². The molecule has 7 nitrogen and oxygen atoms in total. The first kappa shape index (κ1) is 22.9. The van der Waals surface area contributed by atoms with E-state index in [1.165, 1.54) is 0 Å². The van der Waals surface area contributed by atoms with Gasteiger partial charge in [0.2, 0.25) is 10.0 Å². The number of carbonyl (C=O) groups excluding carboxylic acids is 1. The number of hydrogen-bond donors (Lipinski definition) is 2. The van der Waals surface area contributed by atoms with Gasteiger partial charge in [0.25, 0.3) is 5.91 Å². The summed E-state index contributed by atoms with van der Waals surface area (Å²) < 4.78 is 30.3. The zero-order valence-corrected chi connectivity index (χ0v) is 20.0. The van der Waals surface area contributed by atoms with Gasteiger partial charge in [-0.25, -0.2) is 13.1 Å². The Labute approximate surface area is 194 Å². The second-order valence-corrected chi connectivity index (χ2v) is 11.3. The Morgan fingerprint density at radius 1 is 1.19 bits per heavy atom. The molecule has 2 heterocycles. The molecule has 1 unspecified atom stereocenters. The van der Waals surface area contributed by atoms with Gasteiger partial charge in [-0.05, 0) is 59.4 Å². The zero-order valence-electron chi connectivity index (χ0n) is 18.4. The monoisotopic (exact) mass is 477 g/mol. The van der Waals surface area contributed by atoms with Gasteiger partial charge in [-0.15, -0.1) is 0 Å². The molecule has 32 heavy (non-hydrogen) atoms. The zero-order chi connectivity index (χ0) is 23.1. The third-order valence-corrected chi connectivity index (χ3v) is 6.76. The number of morpholine rings is 1. The second kappa shape index (κ2) is 8.57. The van der Waals surface area contributed by atoms with Gasteiger partial charge in [0.05, 0.1) is 25.5 Å². The van der Waals surface area contributed by atoms with E-state index in [9.17, 15) is 13.2 Å². The number of hydrogen-bond acceptors (Lipinski definition) is 6. The molecule has 9 heteroatoms. The highest BCUT2D eigenvalue weighted by atomic mass is 35.5. The van der Waals surface area contributed by atoms with Gasteiger partial charge in [-0.3, -0.25) is 4.79 Å². The SMILES string of the molecule is CC1(C)Cc2cc(C(=O)NS(C)(=O)=O)ccc2NC1c1cc(Cl)cc(N2CCOCC2)c1. The van der Waals surface area contributed by atoms with Crippen LogP contribution in [0, 0.1) is 5.41 Å². The summed E-state index contributed by atoms with van der Waals surface area (Å²) in [5.74, 6) is -0.625. The maximum atomic E-state index is 12.3. The molecule has 2 N–H and O–H groups in total. The number of halogens is 1. The first-order chi connectivity index (χ1) is 15.0. The number of sulfonamides is 1. The van der Waals surface area contributed by atoms with Crippen molar-refractivity contribution in [2.45, 2.75) is 26.3 Å². The number of carbonyl (C=O) groups is 1. The standard InChI is InChI=1S/C23H28ClN3O4S/c1-23(2)14-17-10-15(22(28)26-32(3,29)30)4-5-20(17)25-21(23)16-11-18(24)13-19(12-16)27-6-8-31-9-7-27/h4-5,10-13,21,25H,6-9,14H2,1-3H3,(H,26,28). The fraction of sp³-hybridized carbons (Fsp3) is 0.435. The molecule has 0 radical (unpaired) electrons. The van der Waals surface area contributed by atoms with Gasteiger partial charge < -0.3 is 15.0 Å². The molecule has 4 rings (SSSR count). The molecule has 0 bridgehead atoms. The van der Waals surface area contributed by atoms with Crippen molar-refractivity contribution in [2.75, 3.05) is 42.8 Å². The summed E-state index contributed by atoms with van der Waals surface area (Å²) in [6.45, 7) is 7.43. The predicted molar refractivity (Wildman–Crippen MR) is 127 cm³/mol. The van der Waals surface area contributed by atoms with Crippen LogP contribution in [0.4, 0.5) is 11.4 Å². The van der Waals surface area contributed by atoms with Crippen LogP contribution < -0.4 is 14.9 Å². The molecule has 1 saturated heterocycles. The number of ether oxygens (including phenoxy) is 1. The van der Waals surface area contributed by atoms with Gasteiger partial charge in [0.15, 0.2) is 0 Å². The molecular formula is C23H28ClN3O4S. The van der Waals surface area contributed by atoms with Crippen LogP contribution in [0.5, 0.6) is 0 Å². The third kappa shape index (κ3) is 5.03. The van der Waals surface area contributed by atoms with Crippen LogP contribution >= 0.6 is 11.6 Å². The van der Waals surface area contributed by atoms with Crippen LogP contribution in [-0.2, 0) is 21.2 Å². The summed E-state index contributed by atoms with van der Waals surface area (Å²) in [6.07, 6.45) is 1.69. The molecule has 2 aliphatic rings. The van der Waals surface area contributed by atoms with Crippen LogP contribution in [0.2, 0.25) is 5.02 Å². The highest BCUT2D eigenvalue weighted by molar-refractivity contribution is 7.89. The lowest BCUT2D eigenvalue weighted by atomic mass is 9.72. The van der Waals surface area contributed by atoms with Crippen LogP contribution in [-0.4, -0.2) is 46.9 Å². The molecule has 0 aromatic heterocycles. The van der Waals surface area contributed by atoms with Crippen molar-refractivity contribution < 1.29 is 17.9 Å². The van der Waals surface area contributed by atoms with Crippen molar-refractivity contribution in [2.24, 2.45) is 5.41 Å². The normalized spacial score (nSPS) is 20.2. The van der Waals surface area contributed by atoms with E-state index in [0.29, 0.717) is 23.8 Å². The largest absolute Gasteiger partial charge is 0.378 e. The summed E-state index contributed by atoms with van der Waals surface area (Å²) in [6, 6.07) is 11.4. The van der Waals surface area contributed by atoms with E-state index in [1.54, 1.807) is 12.1 Å². The maximum absolute atomic E-state index is 12.3. The fourth-order valence-corrected chi connectivity index (χ4v) is 5.19. The second-order valence-electron chi connectivity index (χ2n) is 9.16. The van der Waals surface area contributed by atoms with Crippen LogP contribution in [0.25, 0.3) is 0 Å². The molecule has 2 aromatic rings. The molecule has 2 aliphatic heterocycles. The molecule has 172 valence electrons. The quantitative estimate of drug-likeness (QED) is 0.699. The molecule has 0 saturated carbocycles. The number of nitrogens with one attached hydrogen (secondary N) is 2. The minimum Gasteiger partial charge on any atom is -0.378 e. The smallest absolute Gasteiger partial charge is 0.264 e. The predicted octanol–water partition coefficient (Wildman–Crippen LogP) is 3.60. The Morgan fingerprint density at radius 2 is 1.91 bits per heavy atom. The Kier molecular flexibility index (Phi) is 6.13. The van der Waals surface area contributed by atoms with Crippen LogP contribution in [0.3, 0.4) is 0 Å². The van der Waals surface area contributed by atoms with E-state index in [-0.39, 0.29) is 11.5 Å². The minimum absolute atomic E-state index is 0.0178. The number of amides is 1. The highest BCUT2D eigenvalue weighted by Crippen LogP contribution is 2.46. The molecule has 0 aliphatic carbocycles. The summed E-state index contributed by atoms with van der Waals surface area (Å²) >= 11 is 6.51. The number of fused-ring (bicyclic) bond motifs is 1. The number of anilines is 2. The Balaban J connectivity index is 1.63. The van der Waals surface area contributed by atoms with Gasteiger partial charge >= 0.3 is 0 Å². The summed E-state index contributed by atoms with van der Waals surface area (Å²) in [5.41, 5.74) is 4.25. The Morgan fingerprint density at radius 3 is 2.59 bits per heavy atom. The topological polar surface area (TPSA) is 87.7 Å². The maximum Gasteiger partial charge on any atom is 0.264 e. The van der Waals surface area contributed by atoms with Crippen molar-refractivity contribution >= 4 is 38.9 Å². The first-order valence-corrected chi connectivity index (χ1v) is 12.8. The molecule has 1 amide bonds. The van der Waals surface area contributed by atoms with Crippen molar-refractivity contribution in [3.05, 3.63) is 58.1 Å². The third-order valence-electron chi connectivity index (χ3n) is 5.99. The van der Waals surface area contributed by atoms with Crippen molar-refractivity contribution in [3.63, 3.8) is 0 Å². The van der Waals surface area contributed by atoms with Gasteiger partial charge in [0.1, 0.15) is 0 Å². The van der Waals surface area contributed by atoms with Gasteiger partial charge in [-0.2, -0.15) is 0 Å². The molecular weight excluding hydrogens is 450 g/mol. The Hall–Kier alpha value is -2.29. The average Bonchev–Trinajstić information content (AvgIpc) is 2.71. The molecule has 1 fully saturated rings. The fourth-order valence-electron chi connectivity index (χ4n) is 4.49. The van der Waals surface area contributed by atoms with Crippen molar-refractivity contribution in [3.8, 4) is 0 Å². The number of benzene rings is 2. The van der Waals surface area contributed by atoms with Gasteiger partial charge in [-0.1, -0.05) is 25.4 Å². The highest BCUT2D eigenvalue weighted by Gasteiger charge is 2.36. The average molecular weight is 478 g/mol. The van der Waals surface area contributed by atoms with Crippen LogP contribution in [0.15, 0.2) is 36.4 Å². The number of nitrogens with zero attached hydrogens (tertiary/aromatic N) is 1. The lowest BCUT2D eigenvalue weighted by Gasteiger charge is -2.42. The van der Waals surface area contributed by atoms with E-state index in [0.717, 1.165) is 48.3 Å². The lowest BCUT2D eigenvalue weighted by molar-refractivity contribution is 0.0981. The number of rotatable bonds is 4. The van der Waals surface area contributed by atoms with Crippen molar-refractivity contribution in [1.82, 2.24) is 4.72 Å². The van der Waals surface area contributed by atoms with Crippen molar-refractivity contribution in [1.29, 1.82) is 0 Å². The minimum atomic E-state index is -3.62. The first-order valence-electron chi connectivity index (χ1n) is 10.6. The van der Waals surface area contributed by atoms with E-state index in [4.69, 9.17) is 16.3 Å². The molecule has 2 aromatic carbocycles.